The van der Waals surface area contributed by atoms with Crippen molar-refractivity contribution in [3.05, 3.63) is 71.9 Å². The molecular weight excluding hydrogens is 410 g/mol. The van der Waals surface area contributed by atoms with Gasteiger partial charge in [-0.2, -0.15) is 5.26 Å². The maximum atomic E-state index is 9.08. The van der Waals surface area contributed by atoms with Gasteiger partial charge in [0.05, 0.1) is 35.1 Å². The first-order valence-corrected chi connectivity index (χ1v) is 11.2. The van der Waals surface area contributed by atoms with Gasteiger partial charge in [-0.25, -0.2) is 0 Å². The highest BCUT2D eigenvalue weighted by atomic mass is 16.5. The van der Waals surface area contributed by atoms with Crippen molar-refractivity contribution in [2.75, 3.05) is 18.0 Å². The summed E-state index contributed by atoms with van der Waals surface area (Å²) in [6.07, 6.45) is 2.23. The lowest BCUT2D eigenvalue weighted by Crippen LogP contribution is -2.45. The highest BCUT2D eigenvalue weighted by Gasteiger charge is 2.23. The average Bonchev–Trinajstić information content (AvgIpc) is 2.84. The van der Waals surface area contributed by atoms with Crippen LogP contribution in [-0.4, -0.2) is 40.5 Å². The van der Waals surface area contributed by atoms with Crippen LogP contribution in [0.1, 0.15) is 25.0 Å². The first kappa shape index (κ1) is 21.0. The zero-order valence-electron chi connectivity index (χ0n) is 19.0. The van der Waals surface area contributed by atoms with Crippen LogP contribution in [0, 0.1) is 18.3 Å². The Labute approximate surface area is 193 Å². The molecule has 164 valence electrons. The summed E-state index contributed by atoms with van der Waals surface area (Å²) in [4.78, 5) is 7.04. The Morgan fingerprint density at radius 3 is 2.36 bits per heavy atom. The number of pyridine rings is 1. The molecule has 4 aromatic rings. The summed E-state index contributed by atoms with van der Waals surface area (Å²) < 4.78 is 5.83. The lowest BCUT2D eigenvalue weighted by atomic mass is 9.96. The number of rotatable bonds is 3. The number of fused-ring (bicyclic) bond motifs is 1. The molecule has 1 aliphatic rings. The van der Waals surface area contributed by atoms with Gasteiger partial charge >= 0.3 is 0 Å². The number of anilines is 1. The van der Waals surface area contributed by atoms with Gasteiger partial charge in [-0.05, 0) is 56.2 Å². The van der Waals surface area contributed by atoms with Gasteiger partial charge in [0.25, 0.3) is 0 Å². The molecular formula is C27H25N5O. The topological polar surface area (TPSA) is 74.9 Å². The molecule has 2 aromatic carbocycles. The molecule has 6 nitrogen and oxygen atoms in total. The SMILES string of the molecule is Cc1c(-c2ccc(N3C[C@@H](C)O[C@@H](C)C3)nn2)cnc2c(-c3ccc(C#N)cc3)cccc12. The zero-order chi connectivity index (χ0) is 22.9. The average molecular weight is 436 g/mol. The number of benzene rings is 2. The third kappa shape index (κ3) is 4.04. The van der Waals surface area contributed by atoms with Gasteiger partial charge in [0.15, 0.2) is 5.82 Å². The number of nitriles is 1. The second kappa shape index (κ2) is 8.61. The van der Waals surface area contributed by atoms with E-state index in [0.717, 1.165) is 57.8 Å². The van der Waals surface area contributed by atoms with Crippen molar-refractivity contribution in [2.24, 2.45) is 0 Å². The Balaban J connectivity index is 1.49. The highest BCUT2D eigenvalue weighted by Crippen LogP contribution is 2.33. The quantitative estimate of drug-likeness (QED) is 0.443. The molecule has 2 atom stereocenters. The van der Waals surface area contributed by atoms with Crippen LogP contribution in [0.3, 0.4) is 0 Å². The van der Waals surface area contributed by atoms with Gasteiger partial charge in [0.1, 0.15) is 0 Å². The Morgan fingerprint density at radius 2 is 1.70 bits per heavy atom. The Morgan fingerprint density at radius 1 is 0.939 bits per heavy atom. The van der Waals surface area contributed by atoms with Crippen molar-refractivity contribution in [1.82, 2.24) is 15.2 Å². The number of ether oxygens (including phenoxy) is 1. The molecule has 1 aliphatic heterocycles. The molecule has 0 bridgehead atoms. The molecule has 1 fully saturated rings. The Hall–Kier alpha value is -3.82. The van der Waals surface area contributed by atoms with Crippen LogP contribution in [0.2, 0.25) is 0 Å². The number of hydrogen-bond donors (Lipinski definition) is 0. The molecule has 0 spiro atoms. The second-order valence-electron chi connectivity index (χ2n) is 8.63. The zero-order valence-corrected chi connectivity index (χ0v) is 19.0. The molecule has 2 aromatic heterocycles. The van der Waals surface area contributed by atoms with Crippen LogP contribution in [0.4, 0.5) is 5.82 Å². The summed E-state index contributed by atoms with van der Waals surface area (Å²) in [6.45, 7) is 7.89. The smallest absolute Gasteiger partial charge is 0.151 e. The van der Waals surface area contributed by atoms with Crippen molar-refractivity contribution in [3.8, 4) is 28.5 Å². The number of para-hydroxylation sites is 1. The second-order valence-corrected chi connectivity index (χ2v) is 8.63. The predicted molar refractivity (Wildman–Crippen MR) is 130 cm³/mol. The first-order chi connectivity index (χ1) is 16.0. The van der Waals surface area contributed by atoms with Crippen molar-refractivity contribution in [2.45, 2.75) is 33.0 Å². The standard InChI is InChI=1S/C27H25N5O/c1-17-15-32(16-18(2)33-17)26-12-11-25(30-31-26)24-14-29-27-22(19(24)3)5-4-6-23(27)21-9-7-20(13-28)8-10-21/h4-12,14,17-18H,15-16H2,1-3H3/t17-,18+. The first-order valence-electron chi connectivity index (χ1n) is 11.2. The molecule has 33 heavy (non-hydrogen) atoms. The van der Waals surface area contributed by atoms with E-state index in [9.17, 15) is 0 Å². The van der Waals surface area contributed by atoms with E-state index >= 15 is 0 Å². The minimum atomic E-state index is 0.174. The van der Waals surface area contributed by atoms with E-state index in [1.54, 1.807) is 0 Å². The number of morpholine rings is 1. The maximum absolute atomic E-state index is 9.08. The van der Waals surface area contributed by atoms with Crippen LogP contribution < -0.4 is 4.90 Å². The van der Waals surface area contributed by atoms with Gasteiger partial charge in [-0.1, -0.05) is 30.3 Å². The minimum Gasteiger partial charge on any atom is -0.372 e. The van der Waals surface area contributed by atoms with Gasteiger partial charge in [0.2, 0.25) is 0 Å². The molecule has 0 unspecified atom stereocenters. The summed E-state index contributed by atoms with van der Waals surface area (Å²) in [5.74, 6) is 0.871. The number of aryl methyl sites for hydroxylation is 1. The van der Waals surface area contributed by atoms with Crippen molar-refractivity contribution in [1.29, 1.82) is 5.26 Å². The highest BCUT2D eigenvalue weighted by molar-refractivity contribution is 5.97. The summed E-state index contributed by atoms with van der Waals surface area (Å²) in [6, 6.07) is 20.0. The molecule has 0 aliphatic carbocycles. The molecule has 0 saturated carbocycles. The van der Waals surface area contributed by atoms with Gasteiger partial charge in [-0.15, -0.1) is 10.2 Å². The van der Waals surface area contributed by atoms with Crippen LogP contribution in [0.25, 0.3) is 33.3 Å². The van der Waals surface area contributed by atoms with Crippen molar-refractivity contribution < 1.29 is 4.74 Å². The van der Waals surface area contributed by atoms with Crippen LogP contribution >= 0.6 is 0 Å². The van der Waals surface area contributed by atoms with E-state index in [4.69, 9.17) is 15.0 Å². The molecule has 6 heteroatoms. The fourth-order valence-corrected chi connectivity index (χ4v) is 4.57. The van der Waals surface area contributed by atoms with Crippen molar-refractivity contribution in [3.63, 3.8) is 0 Å². The Kier molecular flexibility index (Phi) is 5.49. The lowest BCUT2D eigenvalue weighted by Gasteiger charge is -2.35. The molecule has 1 saturated heterocycles. The Bertz CT molecular complexity index is 1330. The number of nitrogens with zero attached hydrogens (tertiary/aromatic N) is 5. The largest absolute Gasteiger partial charge is 0.372 e. The van der Waals surface area contributed by atoms with Gasteiger partial charge in [0, 0.05) is 35.8 Å². The fourth-order valence-electron chi connectivity index (χ4n) is 4.57. The fraction of sp³-hybridized carbons (Fsp3) is 0.259. The number of hydrogen-bond acceptors (Lipinski definition) is 6. The summed E-state index contributed by atoms with van der Waals surface area (Å²) in [5, 5.41) is 19.2. The van der Waals surface area contributed by atoms with E-state index in [1.165, 1.54) is 0 Å². The summed E-state index contributed by atoms with van der Waals surface area (Å²) in [5.41, 5.74) is 6.57. The summed E-state index contributed by atoms with van der Waals surface area (Å²) in [7, 11) is 0. The number of aromatic nitrogens is 3. The van der Waals surface area contributed by atoms with Crippen molar-refractivity contribution >= 4 is 16.7 Å². The van der Waals surface area contributed by atoms with Crippen LogP contribution in [0.15, 0.2) is 60.8 Å². The summed E-state index contributed by atoms with van der Waals surface area (Å²) >= 11 is 0. The molecule has 0 amide bonds. The maximum Gasteiger partial charge on any atom is 0.151 e. The van der Waals surface area contributed by atoms with Crippen LogP contribution in [-0.2, 0) is 4.74 Å². The molecule has 5 rings (SSSR count). The third-order valence-electron chi connectivity index (χ3n) is 6.16. The molecule has 3 heterocycles. The molecule has 0 radical (unpaired) electrons. The van der Waals surface area contributed by atoms with Gasteiger partial charge < -0.3 is 9.64 Å². The normalized spacial score (nSPS) is 18.3. The van der Waals surface area contributed by atoms with E-state index in [0.29, 0.717) is 5.56 Å². The minimum absolute atomic E-state index is 0.174. The van der Waals surface area contributed by atoms with E-state index in [-0.39, 0.29) is 12.2 Å². The monoisotopic (exact) mass is 435 g/mol. The van der Waals surface area contributed by atoms with E-state index in [2.05, 4.69) is 54.1 Å². The van der Waals surface area contributed by atoms with Gasteiger partial charge in [-0.3, -0.25) is 4.98 Å². The van der Waals surface area contributed by atoms with Crippen LogP contribution in [0.5, 0.6) is 0 Å². The predicted octanol–water partition coefficient (Wildman–Crippen LogP) is 5.15. The lowest BCUT2D eigenvalue weighted by molar-refractivity contribution is -0.00550. The van der Waals surface area contributed by atoms with E-state index in [1.807, 2.05) is 48.7 Å². The molecule has 0 N–H and O–H groups in total. The van der Waals surface area contributed by atoms with E-state index < -0.39 is 0 Å². The third-order valence-corrected chi connectivity index (χ3v) is 6.16.